The minimum atomic E-state index is -0.639. The number of pyridine rings is 2. The van der Waals surface area contributed by atoms with E-state index in [1.54, 1.807) is 24.7 Å². The van der Waals surface area contributed by atoms with E-state index in [0.29, 0.717) is 12.2 Å². The summed E-state index contributed by atoms with van der Waals surface area (Å²) in [6.45, 7) is 5.63. The lowest BCUT2D eigenvalue weighted by Gasteiger charge is -2.24. The second kappa shape index (κ2) is 11.9. The van der Waals surface area contributed by atoms with Gasteiger partial charge in [0.25, 0.3) is 0 Å². The molecule has 3 aromatic heterocycles. The number of fused-ring (bicyclic) bond motifs is 2. The predicted octanol–water partition coefficient (Wildman–Crippen LogP) is 6.83. The molecule has 5 rings (SSSR count). The van der Waals surface area contributed by atoms with E-state index in [-0.39, 0.29) is 6.61 Å². The monoisotopic (exact) mass is 545 g/mol. The summed E-state index contributed by atoms with van der Waals surface area (Å²) in [7, 11) is 0. The molecule has 0 aliphatic heterocycles. The summed E-state index contributed by atoms with van der Waals surface area (Å²) in [6.07, 6.45) is 12.0. The Morgan fingerprint density at radius 2 is 1.95 bits per heavy atom. The number of nitrogens with one attached hydrogen (secondary N) is 2. The third-order valence-corrected chi connectivity index (χ3v) is 6.53. The van der Waals surface area contributed by atoms with E-state index >= 15 is 0 Å². The van der Waals surface area contributed by atoms with Crippen molar-refractivity contribution in [2.75, 3.05) is 6.61 Å². The molecule has 8 nitrogen and oxygen atoms in total. The number of aromatic nitrogens is 3. The lowest BCUT2D eigenvalue weighted by Crippen LogP contribution is -2.43. The van der Waals surface area contributed by atoms with Gasteiger partial charge in [-0.3, -0.25) is 9.97 Å². The fourth-order valence-electron chi connectivity index (χ4n) is 4.72. The van der Waals surface area contributed by atoms with Crippen LogP contribution in [-0.4, -0.2) is 39.3 Å². The molecule has 0 spiro atoms. The molecule has 0 aliphatic rings. The van der Waals surface area contributed by atoms with Gasteiger partial charge in [-0.2, -0.15) is 5.26 Å². The van der Waals surface area contributed by atoms with Crippen LogP contribution in [0.2, 0.25) is 0 Å². The van der Waals surface area contributed by atoms with Gasteiger partial charge in [-0.25, -0.2) is 4.79 Å². The van der Waals surface area contributed by atoms with Gasteiger partial charge < -0.3 is 19.8 Å². The molecule has 0 saturated heterocycles. The summed E-state index contributed by atoms with van der Waals surface area (Å²) in [5, 5.41) is 15.4. The number of aromatic amines is 1. The molecule has 41 heavy (non-hydrogen) atoms. The van der Waals surface area contributed by atoms with E-state index in [2.05, 4.69) is 32.4 Å². The van der Waals surface area contributed by atoms with Gasteiger partial charge in [0, 0.05) is 58.3 Å². The normalized spacial score (nSPS) is 12.3. The molecule has 0 aliphatic carbocycles. The first kappa shape index (κ1) is 27.4. The predicted molar refractivity (Wildman–Crippen MR) is 160 cm³/mol. The van der Waals surface area contributed by atoms with Gasteiger partial charge >= 0.3 is 6.09 Å². The Hall–Kier alpha value is -5.16. The summed E-state index contributed by atoms with van der Waals surface area (Å²) in [4.78, 5) is 24.7. The lowest BCUT2D eigenvalue weighted by atomic mass is 9.98. The molecule has 5 aromatic rings. The number of carbonyl (C=O) groups is 1. The van der Waals surface area contributed by atoms with Crippen LogP contribution >= 0.6 is 0 Å². The fraction of sp³-hybridized carbons (Fsp3) is 0.212. The summed E-state index contributed by atoms with van der Waals surface area (Å²) < 4.78 is 11.9. The maximum absolute atomic E-state index is 12.8. The number of hydrogen-bond acceptors (Lipinski definition) is 6. The Labute approximate surface area is 238 Å². The number of carbonyl (C=O) groups excluding carboxylic acids is 1. The van der Waals surface area contributed by atoms with E-state index in [0.717, 1.165) is 43.9 Å². The Morgan fingerprint density at radius 3 is 2.78 bits per heavy atom. The highest BCUT2D eigenvalue weighted by atomic mass is 16.6. The van der Waals surface area contributed by atoms with Crippen molar-refractivity contribution >= 4 is 33.8 Å². The molecule has 0 radical (unpaired) electrons. The summed E-state index contributed by atoms with van der Waals surface area (Å²) >= 11 is 0. The van der Waals surface area contributed by atoms with Crippen LogP contribution in [0.1, 0.15) is 31.9 Å². The van der Waals surface area contributed by atoms with E-state index < -0.39 is 17.7 Å². The van der Waals surface area contributed by atoms with Crippen LogP contribution in [0.5, 0.6) is 5.75 Å². The fourth-order valence-corrected chi connectivity index (χ4v) is 4.72. The highest BCUT2D eigenvalue weighted by Crippen LogP contribution is 2.33. The molecular weight excluding hydrogens is 514 g/mol. The molecule has 2 N–H and O–H groups in total. The zero-order valence-electron chi connectivity index (χ0n) is 23.2. The van der Waals surface area contributed by atoms with E-state index in [9.17, 15) is 10.1 Å². The molecule has 2 aromatic carbocycles. The SMILES string of the molecule is CC(C)(C)OC(=O)NC(COc1cncc(-c2ccc3cnccc3c2)c1/C=C/C#N)Cc1c[nH]c2ccccc12. The summed E-state index contributed by atoms with van der Waals surface area (Å²) in [6, 6.07) is 17.7. The number of H-pyrrole nitrogens is 1. The number of benzene rings is 2. The molecule has 0 fully saturated rings. The maximum Gasteiger partial charge on any atom is 0.408 e. The number of alkyl carbamates (subject to hydrolysis) is 1. The Kier molecular flexibility index (Phi) is 7.97. The lowest BCUT2D eigenvalue weighted by molar-refractivity contribution is 0.0488. The van der Waals surface area contributed by atoms with Gasteiger partial charge in [0.05, 0.1) is 18.3 Å². The Balaban J connectivity index is 1.45. The first-order chi connectivity index (χ1) is 19.8. The smallest absolute Gasteiger partial charge is 0.408 e. The highest BCUT2D eigenvalue weighted by molar-refractivity contribution is 5.89. The van der Waals surface area contributed by atoms with Gasteiger partial charge in [-0.05, 0) is 68.0 Å². The average molecular weight is 546 g/mol. The molecule has 0 bridgehead atoms. The minimum Gasteiger partial charge on any atom is -0.489 e. The van der Waals surface area contributed by atoms with Gasteiger partial charge in [0.15, 0.2) is 0 Å². The van der Waals surface area contributed by atoms with Crippen LogP contribution < -0.4 is 10.1 Å². The zero-order valence-corrected chi connectivity index (χ0v) is 23.2. The van der Waals surface area contributed by atoms with Crippen molar-refractivity contribution in [2.45, 2.75) is 38.8 Å². The zero-order chi connectivity index (χ0) is 28.8. The second-order valence-corrected chi connectivity index (χ2v) is 10.7. The van der Waals surface area contributed by atoms with Gasteiger partial charge in [-0.1, -0.05) is 30.3 Å². The largest absolute Gasteiger partial charge is 0.489 e. The number of allylic oxidation sites excluding steroid dienone is 1. The Bertz CT molecular complexity index is 1760. The van der Waals surface area contributed by atoms with E-state index in [4.69, 9.17) is 9.47 Å². The summed E-state index contributed by atoms with van der Waals surface area (Å²) in [5.41, 5.74) is 3.90. The van der Waals surface area contributed by atoms with Crippen LogP contribution in [0.25, 0.3) is 38.9 Å². The molecular formula is C33H31N5O3. The standard InChI is InChI=1S/C33H31N5O3/c1-33(2,3)41-32(39)38-26(16-25-18-37-30-9-5-4-7-27(25)30)21-40-31-20-36-19-29(28(31)8-6-13-34)23-10-11-24-17-35-14-12-22(24)15-23/h4-12,14-15,17-20,26,37H,16,21H2,1-3H3,(H,38,39)/b8-6+. The molecule has 1 amide bonds. The van der Waals surface area contributed by atoms with Crippen molar-refractivity contribution in [1.29, 1.82) is 5.26 Å². The van der Waals surface area contributed by atoms with Crippen LogP contribution in [-0.2, 0) is 11.2 Å². The number of para-hydroxylation sites is 1. The molecule has 1 unspecified atom stereocenters. The molecule has 8 heteroatoms. The topological polar surface area (TPSA) is 113 Å². The van der Waals surface area contributed by atoms with Crippen LogP contribution in [0, 0.1) is 11.3 Å². The number of nitriles is 1. The number of rotatable bonds is 8. The van der Waals surface area contributed by atoms with E-state index in [1.165, 1.54) is 6.08 Å². The maximum atomic E-state index is 12.8. The number of amides is 1. The third-order valence-electron chi connectivity index (χ3n) is 6.53. The van der Waals surface area contributed by atoms with Gasteiger partial charge in [0.2, 0.25) is 0 Å². The highest BCUT2D eigenvalue weighted by Gasteiger charge is 2.22. The van der Waals surface area contributed by atoms with Crippen molar-refractivity contribution in [1.82, 2.24) is 20.3 Å². The van der Waals surface area contributed by atoms with Crippen LogP contribution in [0.15, 0.2) is 85.6 Å². The Morgan fingerprint density at radius 1 is 1.10 bits per heavy atom. The van der Waals surface area contributed by atoms with Crippen molar-refractivity contribution in [2.24, 2.45) is 0 Å². The van der Waals surface area contributed by atoms with Gasteiger partial charge in [0.1, 0.15) is 18.0 Å². The minimum absolute atomic E-state index is 0.153. The molecule has 0 saturated carbocycles. The number of hydrogen-bond donors (Lipinski definition) is 2. The molecule has 206 valence electrons. The van der Waals surface area contributed by atoms with Crippen molar-refractivity contribution < 1.29 is 14.3 Å². The quantitative estimate of drug-likeness (QED) is 0.207. The van der Waals surface area contributed by atoms with E-state index in [1.807, 2.05) is 75.6 Å². The third kappa shape index (κ3) is 6.71. The molecule has 3 heterocycles. The number of ether oxygens (including phenoxy) is 2. The first-order valence-electron chi connectivity index (χ1n) is 13.4. The number of nitrogens with zero attached hydrogens (tertiary/aromatic N) is 3. The van der Waals surface area contributed by atoms with Gasteiger partial charge in [-0.15, -0.1) is 0 Å². The summed E-state index contributed by atoms with van der Waals surface area (Å²) in [5.74, 6) is 0.499. The average Bonchev–Trinajstić information content (AvgIpc) is 3.36. The van der Waals surface area contributed by atoms with Crippen molar-refractivity contribution in [3.05, 3.63) is 96.7 Å². The van der Waals surface area contributed by atoms with Crippen LogP contribution in [0.3, 0.4) is 0 Å². The second-order valence-electron chi connectivity index (χ2n) is 10.7. The molecule has 1 atom stereocenters. The van der Waals surface area contributed by atoms with Crippen LogP contribution in [0.4, 0.5) is 4.79 Å². The first-order valence-corrected chi connectivity index (χ1v) is 13.4. The van der Waals surface area contributed by atoms with Crippen molar-refractivity contribution in [3.63, 3.8) is 0 Å². The van der Waals surface area contributed by atoms with Crippen molar-refractivity contribution in [3.8, 4) is 22.9 Å².